The summed E-state index contributed by atoms with van der Waals surface area (Å²) in [6.45, 7) is 5.21. The molecule has 0 saturated heterocycles. The van der Waals surface area contributed by atoms with Crippen molar-refractivity contribution in [3.05, 3.63) is 75.7 Å². The molecular weight excluding hydrogens is 416 g/mol. The van der Waals surface area contributed by atoms with E-state index in [1.807, 2.05) is 43.3 Å². The molecule has 0 aliphatic heterocycles. The Hall–Kier alpha value is -3.32. The number of halogens is 1. The van der Waals surface area contributed by atoms with Crippen molar-refractivity contribution in [1.29, 1.82) is 0 Å². The van der Waals surface area contributed by atoms with Gasteiger partial charge in [0.25, 0.3) is 5.56 Å². The van der Waals surface area contributed by atoms with E-state index in [4.69, 9.17) is 21.1 Å². The van der Waals surface area contributed by atoms with Crippen LogP contribution >= 0.6 is 11.6 Å². The van der Waals surface area contributed by atoms with Crippen LogP contribution in [0.25, 0.3) is 5.69 Å². The van der Waals surface area contributed by atoms with Crippen molar-refractivity contribution in [3.8, 4) is 17.2 Å². The zero-order valence-corrected chi connectivity index (χ0v) is 18.3. The van der Waals surface area contributed by atoms with Gasteiger partial charge < -0.3 is 9.47 Å². The summed E-state index contributed by atoms with van der Waals surface area (Å²) >= 11 is 6.23. The van der Waals surface area contributed by atoms with Gasteiger partial charge >= 0.3 is 0 Å². The molecule has 0 amide bonds. The molecule has 0 atom stereocenters. The Morgan fingerprint density at radius 2 is 1.94 bits per heavy atom. The Morgan fingerprint density at radius 3 is 2.68 bits per heavy atom. The number of hydrogen-bond acceptors (Lipinski definition) is 6. The molecule has 0 radical (unpaired) electrons. The van der Waals surface area contributed by atoms with Crippen molar-refractivity contribution in [1.82, 2.24) is 9.78 Å². The number of para-hydroxylation sites is 1. The van der Waals surface area contributed by atoms with Crippen LogP contribution in [0.1, 0.15) is 32.3 Å². The maximum atomic E-state index is 12.5. The molecule has 162 valence electrons. The Labute approximate surface area is 186 Å². The molecule has 0 bridgehead atoms. The fraction of sp³-hybridized carbons (Fsp3) is 0.261. The minimum atomic E-state index is -0.430. The molecule has 0 unspecified atom stereocenters. The largest absolute Gasteiger partial charge is 0.490 e. The molecule has 1 aromatic heterocycles. The molecule has 3 rings (SSSR count). The van der Waals surface area contributed by atoms with Gasteiger partial charge in [-0.05, 0) is 49.2 Å². The molecule has 7 nitrogen and oxygen atoms in total. The first-order valence-electron chi connectivity index (χ1n) is 10.2. The van der Waals surface area contributed by atoms with Gasteiger partial charge in [0.1, 0.15) is 10.7 Å². The number of rotatable bonds is 10. The first-order chi connectivity index (χ1) is 15.1. The summed E-state index contributed by atoms with van der Waals surface area (Å²) in [5.74, 6) is 1.37. The van der Waals surface area contributed by atoms with E-state index in [1.165, 1.54) is 10.9 Å². The number of hydrazone groups is 1. The standard InChI is InChI=1S/C23H25ClN4O3/c1-3-5-13-31-20-12-11-17(14-21(20)30-4-2)15-25-27-19-16-26-28(23(29)22(19)24)18-9-7-6-8-10-18/h6-12,14-16,27H,3-5,13H2,1-2H3/b25-15+. The summed E-state index contributed by atoms with van der Waals surface area (Å²) in [6, 6.07) is 14.7. The second kappa shape index (κ2) is 11.2. The van der Waals surface area contributed by atoms with Crippen molar-refractivity contribution in [2.45, 2.75) is 26.7 Å². The molecule has 8 heteroatoms. The first kappa shape index (κ1) is 22.4. The van der Waals surface area contributed by atoms with Crippen LogP contribution in [0.5, 0.6) is 11.5 Å². The van der Waals surface area contributed by atoms with E-state index in [1.54, 1.807) is 18.3 Å². The van der Waals surface area contributed by atoms with Crippen LogP contribution < -0.4 is 20.5 Å². The van der Waals surface area contributed by atoms with Crippen LogP contribution in [0.3, 0.4) is 0 Å². The lowest BCUT2D eigenvalue weighted by molar-refractivity contribution is 0.272. The number of anilines is 1. The summed E-state index contributed by atoms with van der Waals surface area (Å²) in [5, 5.41) is 8.35. The van der Waals surface area contributed by atoms with E-state index in [2.05, 4.69) is 22.5 Å². The zero-order valence-electron chi connectivity index (χ0n) is 17.5. The molecule has 1 N–H and O–H groups in total. The number of ether oxygens (including phenoxy) is 2. The lowest BCUT2D eigenvalue weighted by Crippen LogP contribution is -2.22. The highest BCUT2D eigenvalue weighted by molar-refractivity contribution is 6.32. The molecule has 0 fully saturated rings. The number of unbranched alkanes of at least 4 members (excludes halogenated alkanes) is 1. The average Bonchev–Trinajstić information content (AvgIpc) is 2.79. The predicted octanol–water partition coefficient (Wildman–Crippen LogP) is 4.91. The van der Waals surface area contributed by atoms with Crippen LogP contribution in [0, 0.1) is 0 Å². The summed E-state index contributed by atoms with van der Waals surface area (Å²) in [6.07, 6.45) is 5.12. The summed E-state index contributed by atoms with van der Waals surface area (Å²) in [4.78, 5) is 12.5. The summed E-state index contributed by atoms with van der Waals surface area (Å²) < 4.78 is 12.7. The van der Waals surface area contributed by atoms with Crippen LogP contribution in [-0.2, 0) is 0 Å². The summed E-state index contributed by atoms with van der Waals surface area (Å²) in [7, 11) is 0. The van der Waals surface area contributed by atoms with E-state index < -0.39 is 5.56 Å². The molecule has 0 aliphatic carbocycles. The third-order valence-corrected chi connectivity index (χ3v) is 4.71. The smallest absolute Gasteiger partial charge is 0.292 e. The van der Waals surface area contributed by atoms with Gasteiger partial charge in [-0.15, -0.1) is 0 Å². The molecule has 0 aliphatic rings. The van der Waals surface area contributed by atoms with Gasteiger partial charge in [-0.25, -0.2) is 0 Å². The van der Waals surface area contributed by atoms with Crippen LogP contribution in [0.4, 0.5) is 5.69 Å². The zero-order chi connectivity index (χ0) is 22.1. The highest BCUT2D eigenvalue weighted by Gasteiger charge is 2.10. The normalized spacial score (nSPS) is 10.9. The highest BCUT2D eigenvalue weighted by Crippen LogP contribution is 2.28. The van der Waals surface area contributed by atoms with Crippen molar-refractivity contribution in [3.63, 3.8) is 0 Å². The third kappa shape index (κ3) is 5.86. The van der Waals surface area contributed by atoms with Crippen molar-refractivity contribution in [2.24, 2.45) is 5.10 Å². The van der Waals surface area contributed by atoms with Crippen molar-refractivity contribution < 1.29 is 9.47 Å². The van der Waals surface area contributed by atoms with Crippen molar-refractivity contribution in [2.75, 3.05) is 18.6 Å². The Kier molecular flexibility index (Phi) is 8.06. The average molecular weight is 441 g/mol. The van der Waals surface area contributed by atoms with Gasteiger partial charge in [0.05, 0.1) is 31.3 Å². The van der Waals surface area contributed by atoms with Gasteiger partial charge in [0, 0.05) is 0 Å². The molecular formula is C23H25ClN4O3. The molecule has 3 aromatic rings. The fourth-order valence-electron chi connectivity index (χ4n) is 2.76. The number of hydrogen-bond donors (Lipinski definition) is 1. The minimum absolute atomic E-state index is 0.00526. The Balaban J connectivity index is 1.73. The summed E-state index contributed by atoms with van der Waals surface area (Å²) in [5.41, 5.74) is 4.11. The number of nitrogens with one attached hydrogen (secondary N) is 1. The molecule has 0 spiro atoms. The monoisotopic (exact) mass is 440 g/mol. The SMILES string of the molecule is CCCCOc1ccc(/C=N/Nc2cnn(-c3ccccc3)c(=O)c2Cl)cc1OCC. The lowest BCUT2D eigenvalue weighted by atomic mass is 10.2. The van der Waals surface area contributed by atoms with Gasteiger partial charge in [-0.1, -0.05) is 43.1 Å². The van der Waals surface area contributed by atoms with E-state index >= 15 is 0 Å². The Bertz CT molecular complexity index is 1080. The molecule has 1 heterocycles. The number of benzene rings is 2. The van der Waals surface area contributed by atoms with Gasteiger partial charge in [-0.2, -0.15) is 14.9 Å². The highest BCUT2D eigenvalue weighted by atomic mass is 35.5. The lowest BCUT2D eigenvalue weighted by Gasteiger charge is -2.12. The predicted molar refractivity (Wildman–Crippen MR) is 124 cm³/mol. The first-order valence-corrected chi connectivity index (χ1v) is 10.5. The molecule has 31 heavy (non-hydrogen) atoms. The van der Waals surface area contributed by atoms with Crippen LogP contribution in [-0.4, -0.2) is 29.2 Å². The van der Waals surface area contributed by atoms with Gasteiger partial charge in [0.15, 0.2) is 11.5 Å². The van der Waals surface area contributed by atoms with E-state index in [-0.39, 0.29) is 5.02 Å². The van der Waals surface area contributed by atoms with E-state index in [9.17, 15) is 4.79 Å². The Morgan fingerprint density at radius 1 is 1.13 bits per heavy atom. The van der Waals surface area contributed by atoms with Crippen LogP contribution in [0.2, 0.25) is 5.02 Å². The molecule has 2 aromatic carbocycles. The second-order valence-electron chi connectivity index (χ2n) is 6.64. The number of aromatic nitrogens is 2. The second-order valence-corrected chi connectivity index (χ2v) is 7.01. The maximum Gasteiger partial charge on any atom is 0.292 e. The van der Waals surface area contributed by atoms with Crippen LogP contribution in [0.15, 0.2) is 64.6 Å². The van der Waals surface area contributed by atoms with Gasteiger partial charge in [-0.3, -0.25) is 10.2 Å². The molecule has 0 saturated carbocycles. The maximum absolute atomic E-state index is 12.5. The van der Waals surface area contributed by atoms with Gasteiger partial charge in [0.2, 0.25) is 0 Å². The van der Waals surface area contributed by atoms with E-state index in [0.29, 0.717) is 36.1 Å². The quantitative estimate of drug-likeness (QED) is 0.275. The van der Waals surface area contributed by atoms with Crippen molar-refractivity contribution >= 4 is 23.5 Å². The fourth-order valence-corrected chi connectivity index (χ4v) is 2.93. The topological polar surface area (TPSA) is 77.7 Å². The number of nitrogens with zero attached hydrogens (tertiary/aromatic N) is 3. The minimum Gasteiger partial charge on any atom is -0.490 e. The third-order valence-electron chi connectivity index (χ3n) is 4.34. The van der Waals surface area contributed by atoms with E-state index in [0.717, 1.165) is 18.4 Å².